The second kappa shape index (κ2) is 9.28. The Labute approximate surface area is 197 Å². The van der Waals surface area contributed by atoms with E-state index in [9.17, 15) is 13.2 Å². The summed E-state index contributed by atoms with van der Waals surface area (Å²) in [7, 11) is -3.47. The number of halogens is 2. The topological polar surface area (TPSA) is 75.7 Å². The number of carbonyl (C=O) groups excluding carboxylic acids is 1. The average Bonchev–Trinajstić information content (AvgIpc) is 3.29. The molecule has 1 amide bonds. The van der Waals surface area contributed by atoms with Crippen LogP contribution >= 0.6 is 31.9 Å². The normalized spacial score (nSPS) is 14.6. The van der Waals surface area contributed by atoms with E-state index in [1.807, 2.05) is 30.3 Å². The predicted molar refractivity (Wildman–Crippen MR) is 128 cm³/mol. The molecule has 1 fully saturated rings. The summed E-state index contributed by atoms with van der Waals surface area (Å²) in [5.41, 5.74) is 0.511. The molecule has 3 aromatic carbocycles. The van der Waals surface area contributed by atoms with Crippen molar-refractivity contribution in [3.05, 3.63) is 63.5 Å². The van der Waals surface area contributed by atoms with Gasteiger partial charge in [0.05, 0.1) is 9.37 Å². The summed E-state index contributed by atoms with van der Waals surface area (Å²) in [5.74, 6) is 0.231. The predicted octanol–water partition coefficient (Wildman–Crippen LogP) is 5.17. The third-order valence-electron chi connectivity index (χ3n) is 5.08. The van der Waals surface area contributed by atoms with Crippen LogP contribution in [0.5, 0.6) is 5.75 Å². The highest BCUT2D eigenvalue weighted by atomic mass is 79.9. The zero-order valence-electron chi connectivity index (χ0n) is 16.5. The lowest BCUT2D eigenvalue weighted by Gasteiger charge is -2.15. The minimum Gasteiger partial charge on any atom is -0.483 e. The maximum atomic E-state index is 12.6. The first-order chi connectivity index (χ1) is 14.8. The van der Waals surface area contributed by atoms with Gasteiger partial charge in [0.25, 0.3) is 5.91 Å². The molecule has 0 spiro atoms. The number of hydrogen-bond acceptors (Lipinski definition) is 4. The van der Waals surface area contributed by atoms with E-state index in [1.165, 1.54) is 16.4 Å². The fraction of sp³-hybridized carbons (Fsp3) is 0.227. The Morgan fingerprint density at radius 2 is 1.71 bits per heavy atom. The fourth-order valence-corrected chi connectivity index (χ4v) is 5.99. The Hall–Kier alpha value is -1.94. The van der Waals surface area contributed by atoms with Gasteiger partial charge in [-0.15, -0.1) is 0 Å². The van der Waals surface area contributed by atoms with Crippen LogP contribution in [0.2, 0.25) is 0 Å². The molecule has 1 aliphatic rings. The number of hydrogen-bond donors (Lipinski definition) is 1. The third kappa shape index (κ3) is 4.95. The van der Waals surface area contributed by atoms with E-state index in [1.54, 1.807) is 12.1 Å². The van der Waals surface area contributed by atoms with E-state index < -0.39 is 10.0 Å². The number of ether oxygens (including phenoxy) is 1. The lowest BCUT2D eigenvalue weighted by Crippen LogP contribution is -2.27. The van der Waals surface area contributed by atoms with Crippen molar-refractivity contribution in [2.75, 3.05) is 25.0 Å². The van der Waals surface area contributed by atoms with Gasteiger partial charge in [-0.05, 0) is 82.0 Å². The summed E-state index contributed by atoms with van der Waals surface area (Å²) >= 11 is 7.00. The Balaban J connectivity index is 1.38. The highest BCUT2D eigenvalue weighted by molar-refractivity contribution is 9.11. The minimum absolute atomic E-state index is 0.172. The number of nitrogens with zero attached hydrogens (tertiary/aromatic N) is 1. The third-order valence-corrected chi connectivity index (χ3v) is 8.30. The first kappa shape index (κ1) is 22.3. The van der Waals surface area contributed by atoms with Crippen LogP contribution in [0.4, 0.5) is 5.69 Å². The molecule has 0 bridgehead atoms. The van der Waals surface area contributed by atoms with Crippen molar-refractivity contribution in [3.63, 3.8) is 0 Å². The van der Waals surface area contributed by atoms with Gasteiger partial charge >= 0.3 is 0 Å². The summed E-state index contributed by atoms with van der Waals surface area (Å²) in [6.45, 7) is 0.938. The van der Waals surface area contributed by atoms with Crippen molar-refractivity contribution >= 4 is 64.3 Å². The molecule has 0 aromatic heterocycles. The second-order valence-electron chi connectivity index (χ2n) is 7.22. The molecule has 0 aliphatic carbocycles. The molecule has 0 atom stereocenters. The zero-order chi connectivity index (χ0) is 22.0. The maximum Gasteiger partial charge on any atom is 0.262 e. The van der Waals surface area contributed by atoms with Crippen LogP contribution in [0.1, 0.15) is 12.8 Å². The SMILES string of the molecule is O=C(COc1ccc2cc(Br)ccc2c1Br)Nc1ccc(S(=O)(=O)N2CCCC2)cc1. The second-order valence-corrected chi connectivity index (χ2v) is 10.9. The summed E-state index contributed by atoms with van der Waals surface area (Å²) in [6.07, 6.45) is 1.77. The number of fused-ring (bicyclic) bond motifs is 1. The standard InChI is InChI=1S/C22H20Br2N2O4S/c23-16-4-9-19-15(13-16)3-10-20(22(19)24)30-14-21(27)25-17-5-7-18(8-6-17)31(28,29)26-11-1-2-12-26/h3-10,13H,1-2,11-12,14H2,(H,25,27). The van der Waals surface area contributed by atoms with Crippen LogP contribution in [0.25, 0.3) is 10.8 Å². The molecule has 9 heteroatoms. The van der Waals surface area contributed by atoms with Crippen LogP contribution in [-0.4, -0.2) is 38.3 Å². The van der Waals surface area contributed by atoms with Gasteiger partial charge in [0, 0.05) is 23.2 Å². The Kier molecular flexibility index (Phi) is 6.66. The number of nitrogens with one attached hydrogen (secondary N) is 1. The van der Waals surface area contributed by atoms with Gasteiger partial charge in [-0.3, -0.25) is 4.79 Å². The maximum absolute atomic E-state index is 12.6. The van der Waals surface area contributed by atoms with Crippen molar-refractivity contribution in [2.24, 2.45) is 0 Å². The molecular weight excluding hydrogens is 548 g/mol. The lowest BCUT2D eigenvalue weighted by atomic mass is 10.1. The van der Waals surface area contributed by atoms with E-state index in [-0.39, 0.29) is 17.4 Å². The van der Waals surface area contributed by atoms with E-state index in [4.69, 9.17) is 4.74 Å². The van der Waals surface area contributed by atoms with Crippen molar-refractivity contribution in [1.29, 1.82) is 0 Å². The molecule has 0 radical (unpaired) electrons. The monoisotopic (exact) mass is 566 g/mol. The van der Waals surface area contributed by atoms with Crippen molar-refractivity contribution in [2.45, 2.75) is 17.7 Å². The summed E-state index contributed by atoms with van der Waals surface area (Å²) in [4.78, 5) is 12.5. The fourth-order valence-electron chi connectivity index (χ4n) is 3.48. The van der Waals surface area contributed by atoms with E-state index >= 15 is 0 Å². The Morgan fingerprint density at radius 1 is 1.00 bits per heavy atom. The first-order valence-electron chi connectivity index (χ1n) is 9.75. The average molecular weight is 568 g/mol. The molecular formula is C22H20Br2N2O4S. The van der Waals surface area contributed by atoms with Crippen LogP contribution in [0.15, 0.2) is 68.4 Å². The quantitative estimate of drug-likeness (QED) is 0.446. The summed E-state index contributed by atoms with van der Waals surface area (Å²) < 4.78 is 34.1. The summed E-state index contributed by atoms with van der Waals surface area (Å²) in [5, 5.41) is 4.76. The molecule has 6 nitrogen and oxygen atoms in total. The number of anilines is 1. The van der Waals surface area contributed by atoms with Gasteiger partial charge in [0.15, 0.2) is 6.61 Å². The van der Waals surface area contributed by atoms with Crippen LogP contribution in [-0.2, 0) is 14.8 Å². The number of carbonyl (C=O) groups is 1. The smallest absolute Gasteiger partial charge is 0.262 e. The number of amides is 1. The molecule has 31 heavy (non-hydrogen) atoms. The lowest BCUT2D eigenvalue weighted by molar-refractivity contribution is -0.118. The Morgan fingerprint density at radius 3 is 2.42 bits per heavy atom. The van der Waals surface area contributed by atoms with Crippen LogP contribution < -0.4 is 10.1 Å². The molecule has 1 aliphatic heterocycles. The van der Waals surface area contributed by atoms with E-state index in [0.717, 1.165) is 32.6 Å². The van der Waals surface area contributed by atoms with E-state index in [0.29, 0.717) is 24.5 Å². The van der Waals surface area contributed by atoms with Gasteiger partial charge in [0.2, 0.25) is 10.0 Å². The highest BCUT2D eigenvalue weighted by Crippen LogP contribution is 2.34. The van der Waals surface area contributed by atoms with Gasteiger partial charge in [-0.1, -0.05) is 28.1 Å². The minimum atomic E-state index is -3.47. The van der Waals surface area contributed by atoms with Crippen molar-refractivity contribution in [3.8, 4) is 5.75 Å². The van der Waals surface area contributed by atoms with E-state index in [2.05, 4.69) is 37.2 Å². The largest absolute Gasteiger partial charge is 0.483 e. The molecule has 162 valence electrons. The van der Waals surface area contributed by atoms with Gasteiger partial charge in [-0.2, -0.15) is 4.31 Å². The molecule has 1 N–H and O–H groups in total. The van der Waals surface area contributed by atoms with Crippen LogP contribution in [0, 0.1) is 0 Å². The van der Waals surface area contributed by atoms with Gasteiger partial charge in [-0.25, -0.2) is 8.42 Å². The van der Waals surface area contributed by atoms with Gasteiger partial charge in [0.1, 0.15) is 5.75 Å². The Bertz CT molecular complexity index is 1220. The van der Waals surface area contributed by atoms with Crippen molar-refractivity contribution in [1.82, 2.24) is 4.31 Å². The summed E-state index contributed by atoms with van der Waals surface area (Å²) in [6, 6.07) is 15.9. The molecule has 1 saturated heterocycles. The zero-order valence-corrected chi connectivity index (χ0v) is 20.5. The number of sulfonamides is 1. The first-order valence-corrected chi connectivity index (χ1v) is 12.8. The van der Waals surface area contributed by atoms with Gasteiger partial charge < -0.3 is 10.1 Å². The number of rotatable bonds is 6. The molecule has 0 unspecified atom stereocenters. The molecule has 4 rings (SSSR count). The molecule has 1 heterocycles. The van der Waals surface area contributed by atoms with Crippen molar-refractivity contribution < 1.29 is 17.9 Å². The molecule has 0 saturated carbocycles. The number of benzene rings is 3. The highest BCUT2D eigenvalue weighted by Gasteiger charge is 2.26. The van der Waals surface area contributed by atoms with Crippen LogP contribution in [0.3, 0.4) is 0 Å². The molecule has 3 aromatic rings.